The molecule has 0 aliphatic carbocycles. The summed E-state index contributed by atoms with van der Waals surface area (Å²) < 4.78 is 7.45. The summed E-state index contributed by atoms with van der Waals surface area (Å²) in [6.07, 6.45) is 0. The van der Waals surface area contributed by atoms with Crippen molar-refractivity contribution in [3.05, 3.63) is 96.1 Å². The van der Waals surface area contributed by atoms with Crippen LogP contribution in [0.3, 0.4) is 0 Å². The first-order valence-corrected chi connectivity index (χ1v) is 11.2. The zero-order valence-electron chi connectivity index (χ0n) is 19.5. The van der Waals surface area contributed by atoms with Crippen LogP contribution in [-0.2, 0) is 11.3 Å². The standard InChI is InChI=1S/C29H24N3O3/c1-18(33)31-22-6-3-5-19(15-22)17-32-26-8-4-7-25(29(30)34)28(26)24-14-11-21(16-27(24)32)20-9-12-23(35-2)13-10-20/h3-13,15-16H,17H2,1-2H3,(H2,30,34)(H,31,33). The van der Waals surface area contributed by atoms with Gasteiger partial charge in [0.25, 0.3) is 0 Å². The summed E-state index contributed by atoms with van der Waals surface area (Å²) in [4.78, 5) is 23.8. The summed E-state index contributed by atoms with van der Waals surface area (Å²) in [6, 6.07) is 28.6. The molecule has 6 nitrogen and oxygen atoms in total. The molecule has 1 aromatic heterocycles. The average Bonchev–Trinajstić information content (AvgIpc) is 3.16. The van der Waals surface area contributed by atoms with Crippen molar-refractivity contribution in [1.82, 2.24) is 4.57 Å². The van der Waals surface area contributed by atoms with E-state index in [4.69, 9.17) is 10.5 Å². The quantitative estimate of drug-likeness (QED) is 0.355. The van der Waals surface area contributed by atoms with E-state index in [1.807, 2.05) is 66.7 Å². The smallest absolute Gasteiger partial charge is 0.249 e. The van der Waals surface area contributed by atoms with E-state index in [1.165, 1.54) is 6.92 Å². The monoisotopic (exact) mass is 462 g/mol. The number of methoxy groups -OCH3 is 1. The molecule has 0 aliphatic rings. The largest absolute Gasteiger partial charge is 0.497 e. The zero-order valence-corrected chi connectivity index (χ0v) is 19.5. The number of nitrogens with zero attached hydrogens (tertiary/aromatic N) is 1. The van der Waals surface area contributed by atoms with Gasteiger partial charge in [-0.3, -0.25) is 9.59 Å². The van der Waals surface area contributed by atoms with E-state index in [9.17, 15) is 9.59 Å². The molecule has 173 valence electrons. The number of carbonyl (C=O) groups excluding carboxylic acids is 2. The Morgan fingerprint density at radius 3 is 2.46 bits per heavy atom. The van der Waals surface area contributed by atoms with Gasteiger partial charge < -0.3 is 20.4 Å². The minimum absolute atomic E-state index is 0.121. The van der Waals surface area contributed by atoms with Crippen molar-refractivity contribution < 1.29 is 14.3 Å². The van der Waals surface area contributed by atoms with Crippen LogP contribution in [0.1, 0.15) is 22.8 Å². The second kappa shape index (κ2) is 8.99. The van der Waals surface area contributed by atoms with E-state index >= 15 is 0 Å². The Kier molecular flexibility index (Phi) is 5.71. The number of hydrogen-bond acceptors (Lipinski definition) is 3. The highest BCUT2D eigenvalue weighted by molar-refractivity contribution is 6.18. The Morgan fingerprint density at radius 2 is 1.74 bits per heavy atom. The number of hydrogen-bond donors (Lipinski definition) is 2. The fraction of sp³-hybridized carbons (Fsp3) is 0.103. The van der Waals surface area contributed by atoms with Crippen molar-refractivity contribution in [3.63, 3.8) is 0 Å². The molecule has 0 unspecified atom stereocenters. The second-order valence-corrected chi connectivity index (χ2v) is 8.41. The maximum absolute atomic E-state index is 12.3. The molecule has 0 spiro atoms. The first-order chi connectivity index (χ1) is 16.9. The van der Waals surface area contributed by atoms with Gasteiger partial charge in [-0.2, -0.15) is 0 Å². The molecule has 0 fully saturated rings. The Bertz CT molecular complexity index is 1580. The minimum Gasteiger partial charge on any atom is -0.497 e. The summed E-state index contributed by atoms with van der Waals surface area (Å²) in [7, 11) is 1.64. The normalized spacial score (nSPS) is 11.0. The maximum atomic E-state index is 12.3. The number of ether oxygens (including phenoxy) is 1. The molecule has 5 rings (SSSR count). The van der Waals surface area contributed by atoms with E-state index in [0.717, 1.165) is 49.9 Å². The number of carbonyl (C=O) groups is 2. The third-order valence-corrected chi connectivity index (χ3v) is 6.07. The van der Waals surface area contributed by atoms with Gasteiger partial charge in [0, 0.05) is 35.5 Å². The van der Waals surface area contributed by atoms with Crippen molar-refractivity contribution >= 4 is 39.3 Å². The molecular formula is C29H24N3O3. The molecule has 1 heterocycles. The maximum Gasteiger partial charge on any atom is 0.249 e. The molecule has 35 heavy (non-hydrogen) atoms. The molecular weight excluding hydrogens is 438 g/mol. The summed E-state index contributed by atoms with van der Waals surface area (Å²) in [5.74, 6) is 0.192. The van der Waals surface area contributed by atoms with Crippen molar-refractivity contribution in [2.45, 2.75) is 13.5 Å². The number of amides is 2. The lowest BCUT2D eigenvalue weighted by atomic mass is 10.0. The van der Waals surface area contributed by atoms with Crippen LogP contribution in [0.15, 0.2) is 78.9 Å². The van der Waals surface area contributed by atoms with Gasteiger partial charge in [-0.1, -0.05) is 30.3 Å². The Hall–Kier alpha value is -4.58. The predicted molar refractivity (Wildman–Crippen MR) is 139 cm³/mol. The van der Waals surface area contributed by atoms with Crippen molar-refractivity contribution in [2.75, 3.05) is 12.4 Å². The number of rotatable bonds is 6. The summed E-state index contributed by atoms with van der Waals surface area (Å²) >= 11 is 0. The van der Waals surface area contributed by atoms with Crippen LogP contribution in [-0.4, -0.2) is 23.5 Å². The Morgan fingerprint density at radius 1 is 0.971 bits per heavy atom. The van der Waals surface area contributed by atoms with Gasteiger partial charge in [0.2, 0.25) is 11.8 Å². The lowest BCUT2D eigenvalue weighted by Gasteiger charge is -2.11. The lowest BCUT2D eigenvalue weighted by Crippen LogP contribution is -2.11. The van der Waals surface area contributed by atoms with Crippen LogP contribution >= 0.6 is 0 Å². The predicted octanol–water partition coefficient (Wildman–Crippen LogP) is 5.38. The van der Waals surface area contributed by atoms with Crippen molar-refractivity contribution in [3.8, 4) is 16.9 Å². The highest BCUT2D eigenvalue weighted by atomic mass is 16.5. The molecule has 5 aromatic rings. The molecule has 4 aromatic carbocycles. The van der Waals surface area contributed by atoms with E-state index in [-0.39, 0.29) is 5.91 Å². The molecule has 3 N–H and O–H groups in total. The van der Waals surface area contributed by atoms with Crippen LogP contribution in [0.25, 0.3) is 32.9 Å². The second-order valence-electron chi connectivity index (χ2n) is 8.41. The van der Waals surface area contributed by atoms with Gasteiger partial charge in [0.15, 0.2) is 0 Å². The fourth-order valence-corrected chi connectivity index (χ4v) is 4.51. The molecule has 1 radical (unpaired) electrons. The highest BCUT2D eigenvalue weighted by Crippen LogP contribution is 2.35. The lowest BCUT2D eigenvalue weighted by molar-refractivity contribution is -0.114. The SMILES string of the molecule is COc1ccc(-c2c[c]c3c4c(C(N)=O)cccc4n(Cc4cccc(NC(C)=O)c4)c3c2)cc1. The first kappa shape index (κ1) is 22.2. The molecule has 0 atom stereocenters. The molecule has 0 saturated heterocycles. The van der Waals surface area contributed by atoms with Crippen molar-refractivity contribution in [2.24, 2.45) is 5.73 Å². The number of anilines is 1. The van der Waals surface area contributed by atoms with Crippen LogP contribution in [0, 0.1) is 6.07 Å². The van der Waals surface area contributed by atoms with E-state index in [1.54, 1.807) is 13.2 Å². The third-order valence-electron chi connectivity index (χ3n) is 6.07. The van der Waals surface area contributed by atoms with Gasteiger partial charge in [-0.25, -0.2) is 0 Å². The molecule has 0 saturated carbocycles. The average molecular weight is 463 g/mol. The van der Waals surface area contributed by atoms with Gasteiger partial charge in [0.1, 0.15) is 5.75 Å². The first-order valence-electron chi connectivity index (χ1n) is 11.2. The van der Waals surface area contributed by atoms with E-state index < -0.39 is 5.91 Å². The van der Waals surface area contributed by atoms with Crippen LogP contribution in [0.2, 0.25) is 0 Å². The summed E-state index contributed by atoms with van der Waals surface area (Å²) in [5.41, 5.74) is 11.8. The summed E-state index contributed by atoms with van der Waals surface area (Å²) in [6.45, 7) is 2.02. The molecule has 6 heteroatoms. The zero-order chi connectivity index (χ0) is 24.5. The van der Waals surface area contributed by atoms with Gasteiger partial charge >= 0.3 is 0 Å². The molecule has 0 bridgehead atoms. The summed E-state index contributed by atoms with van der Waals surface area (Å²) in [5, 5.41) is 4.46. The molecule has 0 aliphatic heterocycles. The third kappa shape index (κ3) is 4.22. The number of fused-ring (bicyclic) bond motifs is 3. The number of aromatic nitrogens is 1. The van der Waals surface area contributed by atoms with Gasteiger partial charge in [0.05, 0.1) is 18.1 Å². The van der Waals surface area contributed by atoms with Crippen LogP contribution < -0.4 is 15.8 Å². The van der Waals surface area contributed by atoms with E-state index in [0.29, 0.717) is 12.1 Å². The number of nitrogens with one attached hydrogen (secondary N) is 1. The van der Waals surface area contributed by atoms with Crippen molar-refractivity contribution in [1.29, 1.82) is 0 Å². The van der Waals surface area contributed by atoms with E-state index in [2.05, 4.69) is 22.0 Å². The number of nitrogens with two attached hydrogens (primary N) is 1. The van der Waals surface area contributed by atoms with Gasteiger partial charge in [-0.05, 0) is 71.3 Å². The number of benzene rings is 4. The fourth-order valence-electron chi connectivity index (χ4n) is 4.51. The Balaban J connectivity index is 1.71. The Labute approximate surface area is 202 Å². The number of primary amides is 1. The van der Waals surface area contributed by atoms with Crippen LogP contribution in [0.5, 0.6) is 5.75 Å². The topological polar surface area (TPSA) is 86.3 Å². The highest BCUT2D eigenvalue weighted by Gasteiger charge is 2.17. The van der Waals surface area contributed by atoms with Gasteiger partial charge in [-0.15, -0.1) is 0 Å². The van der Waals surface area contributed by atoms with Crippen LogP contribution in [0.4, 0.5) is 5.69 Å². The minimum atomic E-state index is -0.477. The molecule has 2 amide bonds.